The van der Waals surface area contributed by atoms with Gasteiger partial charge in [0.15, 0.2) is 0 Å². The molecule has 3 aromatic carbocycles. The summed E-state index contributed by atoms with van der Waals surface area (Å²) in [6.07, 6.45) is 0.147. The molecular formula is C24H15N3O. The van der Waals surface area contributed by atoms with Crippen molar-refractivity contribution in [3.63, 3.8) is 0 Å². The van der Waals surface area contributed by atoms with Gasteiger partial charge in [-0.05, 0) is 48.0 Å². The minimum Gasteiger partial charge on any atom is -0.324 e. The Hall–Kier alpha value is -4.15. The second kappa shape index (κ2) is 7.61. The van der Waals surface area contributed by atoms with Gasteiger partial charge >= 0.3 is 0 Å². The van der Waals surface area contributed by atoms with E-state index in [2.05, 4.69) is 28.2 Å². The number of aliphatic imine (C=N–C) groups is 1. The van der Waals surface area contributed by atoms with Crippen molar-refractivity contribution in [2.24, 2.45) is 4.99 Å². The largest absolute Gasteiger partial charge is 0.324 e. The number of carbonyl (C=O) groups is 1. The predicted molar refractivity (Wildman–Crippen MR) is 109 cm³/mol. The van der Waals surface area contributed by atoms with Crippen LogP contribution in [0, 0.1) is 23.2 Å². The van der Waals surface area contributed by atoms with E-state index in [-0.39, 0.29) is 12.3 Å². The van der Waals surface area contributed by atoms with E-state index in [0.29, 0.717) is 22.6 Å². The van der Waals surface area contributed by atoms with Crippen molar-refractivity contribution >= 4 is 23.0 Å². The van der Waals surface area contributed by atoms with E-state index < -0.39 is 0 Å². The maximum Gasteiger partial charge on any atom is 0.230 e. The van der Waals surface area contributed by atoms with E-state index in [4.69, 9.17) is 5.26 Å². The third-order valence-corrected chi connectivity index (χ3v) is 4.30. The minimum absolute atomic E-state index is 0.145. The average Bonchev–Trinajstić information content (AvgIpc) is 2.90. The maximum atomic E-state index is 12.4. The number of carbonyl (C=O) groups excluding carboxylic acids is 1. The molecule has 0 aliphatic carbocycles. The Bertz CT molecular complexity index is 1190. The Balaban J connectivity index is 1.70. The Morgan fingerprint density at radius 3 is 2.46 bits per heavy atom. The molecule has 4 nitrogen and oxygen atoms in total. The fourth-order valence-electron chi connectivity index (χ4n) is 2.94. The average molecular weight is 361 g/mol. The lowest BCUT2D eigenvalue weighted by atomic mass is 10.0. The van der Waals surface area contributed by atoms with Gasteiger partial charge in [-0.1, -0.05) is 42.2 Å². The van der Waals surface area contributed by atoms with Gasteiger partial charge in [0, 0.05) is 11.1 Å². The molecular weight excluding hydrogens is 346 g/mol. The summed E-state index contributed by atoms with van der Waals surface area (Å²) in [6, 6.07) is 24.6. The molecule has 1 amide bonds. The Kier molecular flexibility index (Phi) is 4.70. The summed E-state index contributed by atoms with van der Waals surface area (Å²) in [4.78, 5) is 17.1. The van der Waals surface area contributed by atoms with Crippen LogP contribution in [0.5, 0.6) is 0 Å². The number of nitrogens with zero attached hydrogens (tertiary/aromatic N) is 2. The molecule has 0 saturated heterocycles. The molecule has 28 heavy (non-hydrogen) atoms. The number of anilines is 1. The van der Waals surface area contributed by atoms with Gasteiger partial charge in [0.05, 0.1) is 35.1 Å². The SMILES string of the molecule is N#Cc1cccc(C2=Nc3ccc(C#Cc4ccccc4)cc3NC(=O)C2)c1. The van der Waals surface area contributed by atoms with Crippen molar-refractivity contribution in [3.05, 3.63) is 95.1 Å². The van der Waals surface area contributed by atoms with Crippen molar-refractivity contribution in [3.8, 4) is 17.9 Å². The monoisotopic (exact) mass is 361 g/mol. The molecule has 0 aromatic heterocycles. The number of benzene rings is 3. The standard InChI is InChI=1S/C24H15N3O/c25-16-19-7-4-8-20(13-19)22-15-24(28)27-23-14-18(11-12-21(23)26-22)10-9-17-5-2-1-3-6-17/h1-8,11-14H,15H2,(H,27,28). The lowest BCUT2D eigenvalue weighted by Crippen LogP contribution is -2.15. The Morgan fingerprint density at radius 1 is 0.857 bits per heavy atom. The molecule has 1 heterocycles. The predicted octanol–water partition coefficient (Wildman–Crippen LogP) is 4.42. The van der Waals surface area contributed by atoms with Crippen LogP contribution < -0.4 is 5.32 Å². The summed E-state index contributed by atoms with van der Waals surface area (Å²) in [5.41, 5.74) is 4.99. The van der Waals surface area contributed by atoms with Crippen molar-refractivity contribution in [1.29, 1.82) is 5.26 Å². The van der Waals surface area contributed by atoms with Gasteiger partial charge in [0.1, 0.15) is 0 Å². The number of nitriles is 1. The highest BCUT2D eigenvalue weighted by atomic mass is 16.1. The highest BCUT2D eigenvalue weighted by Crippen LogP contribution is 2.30. The number of nitrogens with one attached hydrogen (secondary N) is 1. The van der Waals surface area contributed by atoms with Crippen molar-refractivity contribution < 1.29 is 4.79 Å². The number of amides is 1. The topological polar surface area (TPSA) is 65.2 Å². The van der Waals surface area contributed by atoms with Crippen LogP contribution in [0.1, 0.15) is 28.7 Å². The summed E-state index contributed by atoms with van der Waals surface area (Å²) in [7, 11) is 0. The zero-order valence-electron chi connectivity index (χ0n) is 14.9. The van der Waals surface area contributed by atoms with Crippen LogP contribution in [-0.4, -0.2) is 11.6 Å². The van der Waals surface area contributed by atoms with E-state index >= 15 is 0 Å². The molecule has 1 aliphatic rings. The smallest absolute Gasteiger partial charge is 0.230 e. The summed E-state index contributed by atoms with van der Waals surface area (Å²) < 4.78 is 0. The molecule has 0 unspecified atom stereocenters. The highest BCUT2D eigenvalue weighted by Gasteiger charge is 2.17. The molecule has 4 rings (SSSR count). The zero-order chi connectivity index (χ0) is 19.3. The van der Waals surface area contributed by atoms with Crippen LogP contribution in [0.15, 0.2) is 77.8 Å². The molecule has 0 spiro atoms. The van der Waals surface area contributed by atoms with Gasteiger partial charge in [-0.15, -0.1) is 0 Å². The third kappa shape index (κ3) is 3.82. The van der Waals surface area contributed by atoms with E-state index in [1.165, 1.54) is 0 Å². The molecule has 0 saturated carbocycles. The van der Waals surface area contributed by atoms with Crippen LogP contribution >= 0.6 is 0 Å². The number of hydrogen-bond acceptors (Lipinski definition) is 3. The molecule has 132 valence electrons. The van der Waals surface area contributed by atoms with Crippen LogP contribution in [0.4, 0.5) is 11.4 Å². The fourth-order valence-corrected chi connectivity index (χ4v) is 2.94. The van der Waals surface area contributed by atoms with Gasteiger partial charge in [-0.25, -0.2) is 0 Å². The van der Waals surface area contributed by atoms with E-state index in [9.17, 15) is 4.79 Å². The molecule has 1 aliphatic heterocycles. The first-order valence-electron chi connectivity index (χ1n) is 8.80. The van der Waals surface area contributed by atoms with Gasteiger partial charge in [-0.3, -0.25) is 9.79 Å². The van der Waals surface area contributed by atoms with E-state index in [0.717, 1.165) is 16.7 Å². The number of fused-ring (bicyclic) bond motifs is 1. The lowest BCUT2D eigenvalue weighted by Gasteiger charge is -2.04. The van der Waals surface area contributed by atoms with Gasteiger partial charge < -0.3 is 5.32 Å². The summed E-state index contributed by atoms with van der Waals surface area (Å²) in [5, 5.41) is 12.0. The van der Waals surface area contributed by atoms with Gasteiger partial charge in [-0.2, -0.15) is 5.26 Å². The summed E-state index contributed by atoms with van der Waals surface area (Å²) >= 11 is 0. The third-order valence-electron chi connectivity index (χ3n) is 4.30. The van der Waals surface area contributed by atoms with Gasteiger partial charge in [0.25, 0.3) is 0 Å². The first-order valence-corrected chi connectivity index (χ1v) is 8.80. The van der Waals surface area contributed by atoms with Crippen LogP contribution in [0.3, 0.4) is 0 Å². The second-order valence-electron chi connectivity index (χ2n) is 6.32. The highest BCUT2D eigenvalue weighted by molar-refractivity contribution is 6.17. The van der Waals surface area contributed by atoms with Crippen LogP contribution in [0.2, 0.25) is 0 Å². The summed E-state index contributed by atoms with van der Waals surface area (Å²) in [5.74, 6) is 6.09. The molecule has 3 aromatic rings. The van der Waals surface area contributed by atoms with Crippen molar-refractivity contribution in [2.75, 3.05) is 5.32 Å². The summed E-state index contributed by atoms with van der Waals surface area (Å²) in [6.45, 7) is 0. The molecule has 1 N–H and O–H groups in total. The first kappa shape index (κ1) is 17.3. The van der Waals surface area contributed by atoms with Crippen molar-refractivity contribution in [1.82, 2.24) is 0 Å². The zero-order valence-corrected chi connectivity index (χ0v) is 14.9. The molecule has 4 heteroatoms. The number of hydrogen-bond donors (Lipinski definition) is 1. The maximum absolute atomic E-state index is 12.4. The van der Waals surface area contributed by atoms with E-state index in [1.807, 2.05) is 54.6 Å². The van der Waals surface area contributed by atoms with Gasteiger partial charge in [0.2, 0.25) is 5.91 Å². The quantitative estimate of drug-likeness (QED) is 0.652. The first-order chi connectivity index (χ1) is 13.7. The molecule has 0 radical (unpaired) electrons. The minimum atomic E-state index is -0.145. The molecule has 0 fully saturated rings. The lowest BCUT2D eigenvalue weighted by molar-refractivity contribution is -0.115. The second-order valence-corrected chi connectivity index (χ2v) is 6.32. The number of rotatable bonds is 1. The van der Waals surface area contributed by atoms with Crippen LogP contribution in [0.25, 0.3) is 0 Å². The normalized spacial score (nSPS) is 12.4. The van der Waals surface area contributed by atoms with Crippen molar-refractivity contribution in [2.45, 2.75) is 6.42 Å². The van der Waals surface area contributed by atoms with Crippen LogP contribution in [-0.2, 0) is 4.79 Å². The molecule has 0 bridgehead atoms. The Labute approximate surface area is 163 Å². The fraction of sp³-hybridized carbons (Fsp3) is 0.0417. The molecule has 0 atom stereocenters. The Morgan fingerprint density at radius 2 is 1.64 bits per heavy atom. The van der Waals surface area contributed by atoms with E-state index in [1.54, 1.807) is 18.2 Å².